The molecule has 1 aliphatic carbocycles. The summed E-state index contributed by atoms with van der Waals surface area (Å²) >= 11 is 6.06. The fourth-order valence-corrected chi connectivity index (χ4v) is 4.05. The van der Waals surface area contributed by atoms with E-state index in [9.17, 15) is 13.6 Å². The number of amides is 1. The Labute approximate surface area is 160 Å². The van der Waals surface area contributed by atoms with Gasteiger partial charge in [-0.1, -0.05) is 35.9 Å². The lowest BCUT2D eigenvalue weighted by atomic mass is 9.87. The lowest BCUT2D eigenvalue weighted by molar-refractivity contribution is -0.117. The zero-order valence-corrected chi connectivity index (χ0v) is 15.1. The van der Waals surface area contributed by atoms with Gasteiger partial charge in [-0.15, -0.1) is 0 Å². The molecule has 0 radical (unpaired) electrons. The van der Waals surface area contributed by atoms with Crippen LogP contribution in [0.2, 0.25) is 5.02 Å². The van der Waals surface area contributed by atoms with Crippen molar-refractivity contribution in [2.24, 2.45) is 5.92 Å². The Morgan fingerprint density at radius 2 is 2.11 bits per heavy atom. The van der Waals surface area contributed by atoms with Crippen LogP contribution < -0.4 is 14.8 Å². The van der Waals surface area contributed by atoms with Crippen LogP contribution in [-0.4, -0.2) is 25.5 Å². The molecule has 2 atom stereocenters. The van der Waals surface area contributed by atoms with Crippen molar-refractivity contribution in [1.82, 2.24) is 0 Å². The van der Waals surface area contributed by atoms with Crippen molar-refractivity contribution < 1.29 is 23.0 Å². The maximum absolute atomic E-state index is 12.9. The molecule has 0 bridgehead atoms. The highest BCUT2D eigenvalue weighted by Crippen LogP contribution is 2.61. The third-order valence-corrected chi connectivity index (χ3v) is 5.50. The highest BCUT2D eigenvalue weighted by atomic mass is 35.5. The van der Waals surface area contributed by atoms with Gasteiger partial charge < -0.3 is 14.8 Å². The molecule has 7 heteroatoms. The van der Waals surface area contributed by atoms with Crippen molar-refractivity contribution in [1.29, 1.82) is 0 Å². The molecule has 1 aliphatic heterocycles. The first-order valence-corrected chi connectivity index (χ1v) is 9.12. The number of para-hydroxylation sites is 2. The average Bonchev–Trinajstić information content (AvgIpc) is 3.36. The Kier molecular flexibility index (Phi) is 4.68. The van der Waals surface area contributed by atoms with E-state index in [1.54, 1.807) is 12.1 Å². The Balaban J connectivity index is 1.53. The van der Waals surface area contributed by atoms with E-state index < -0.39 is 13.0 Å². The first-order chi connectivity index (χ1) is 13.0. The van der Waals surface area contributed by atoms with Crippen molar-refractivity contribution in [3.63, 3.8) is 0 Å². The second kappa shape index (κ2) is 7.00. The number of ether oxygens (including phenoxy) is 2. The standard InChI is InChI=1S/C20H18ClF2NO3/c21-14-5-3-6-15(18(14)27-11-17(22)23)24-19(25)13-10-20(13)8-9-26-16-7-2-1-4-12(16)20/h1-7,13,17H,8-11H2,(H,24,25)/t13-,20-/m0/s1. The van der Waals surface area contributed by atoms with Crippen LogP contribution in [0.1, 0.15) is 18.4 Å². The van der Waals surface area contributed by atoms with Gasteiger partial charge in [-0.25, -0.2) is 8.78 Å². The molecule has 1 heterocycles. The van der Waals surface area contributed by atoms with Crippen molar-refractivity contribution in [3.05, 3.63) is 53.1 Å². The zero-order valence-electron chi connectivity index (χ0n) is 14.4. The maximum Gasteiger partial charge on any atom is 0.272 e. The van der Waals surface area contributed by atoms with Gasteiger partial charge in [0.25, 0.3) is 6.43 Å². The maximum atomic E-state index is 12.9. The molecule has 4 nitrogen and oxygen atoms in total. The molecule has 27 heavy (non-hydrogen) atoms. The van der Waals surface area contributed by atoms with E-state index in [4.69, 9.17) is 21.1 Å². The molecule has 2 aromatic rings. The van der Waals surface area contributed by atoms with Gasteiger partial charge in [0, 0.05) is 16.9 Å². The van der Waals surface area contributed by atoms with Crippen LogP contribution in [0.5, 0.6) is 11.5 Å². The Bertz CT molecular complexity index is 876. The van der Waals surface area contributed by atoms with Crippen LogP contribution in [0.3, 0.4) is 0 Å². The summed E-state index contributed by atoms with van der Waals surface area (Å²) < 4.78 is 35.8. The molecule has 1 N–H and O–H groups in total. The number of hydrogen-bond donors (Lipinski definition) is 1. The second-order valence-electron chi connectivity index (χ2n) is 6.82. The van der Waals surface area contributed by atoms with Gasteiger partial charge in [0.15, 0.2) is 5.75 Å². The van der Waals surface area contributed by atoms with Crippen LogP contribution in [0.25, 0.3) is 0 Å². The number of fused-ring (bicyclic) bond motifs is 2. The minimum absolute atomic E-state index is 0.0647. The molecule has 1 fully saturated rings. The third-order valence-electron chi connectivity index (χ3n) is 5.20. The van der Waals surface area contributed by atoms with Gasteiger partial charge in [-0.2, -0.15) is 0 Å². The first kappa shape index (κ1) is 18.0. The highest BCUT2D eigenvalue weighted by molar-refractivity contribution is 6.32. The van der Waals surface area contributed by atoms with E-state index in [1.165, 1.54) is 6.07 Å². The molecule has 0 aromatic heterocycles. The van der Waals surface area contributed by atoms with E-state index in [2.05, 4.69) is 5.32 Å². The minimum atomic E-state index is -2.63. The van der Waals surface area contributed by atoms with Crippen LogP contribution in [-0.2, 0) is 10.2 Å². The van der Waals surface area contributed by atoms with Gasteiger partial charge in [-0.05, 0) is 31.0 Å². The second-order valence-corrected chi connectivity index (χ2v) is 7.22. The van der Waals surface area contributed by atoms with Gasteiger partial charge in [0.05, 0.1) is 17.3 Å². The Morgan fingerprint density at radius 3 is 2.93 bits per heavy atom. The molecule has 0 saturated heterocycles. The van der Waals surface area contributed by atoms with E-state index in [0.29, 0.717) is 12.3 Å². The van der Waals surface area contributed by atoms with Crippen LogP contribution >= 0.6 is 11.6 Å². The fraction of sp³-hybridized carbons (Fsp3) is 0.350. The van der Waals surface area contributed by atoms with Crippen LogP contribution in [0.15, 0.2) is 42.5 Å². The molecule has 1 amide bonds. The van der Waals surface area contributed by atoms with Crippen molar-refractivity contribution in [3.8, 4) is 11.5 Å². The number of rotatable bonds is 5. The SMILES string of the molecule is O=C(Nc1cccc(Cl)c1OCC(F)F)[C@@H]1C[C@]12CCOc1ccccc12. The lowest BCUT2D eigenvalue weighted by Crippen LogP contribution is -2.26. The Morgan fingerprint density at radius 1 is 1.30 bits per heavy atom. The lowest BCUT2D eigenvalue weighted by Gasteiger charge is -2.26. The molecular weight excluding hydrogens is 376 g/mol. The smallest absolute Gasteiger partial charge is 0.272 e. The van der Waals surface area contributed by atoms with Crippen molar-refractivity contribution in [2.45, 2.75) is 24.7 Å². The molecule has 2 aromatic carbocycles. The summed E-state index contributed by atoms with van der Waals surface area (Å²) in [6.45, 7) is -0.217. The van der Waals surface area contributed by atoms with Crippen molar-refractivity contribution >= 4 is 23.2 Å². The van der Waals surface area contributed by atoms with Crippen molar-refractivity contribution in [2.75, 3.05) is 18.5 Å². The van der Waals surface area contributed by atoms with Crippen LogP contribution in [0, 0.1) is 5.92 Å². The molecule has 0 unspecified atom stereocenters. The number of anilines is 1. The predicted octanol–water partition coefficient (Wildman–Crippen LogP) is 4.66. The molecule has 1 spiro atoms. The minimum Gasteiger partial charge on any atom is -0.493 e. The summed E-state index contributed by atoms with van der Waals surface area (Å²) in [6.07, 6.45) is -1.13. The quantitative estimate of drug-likeness (QED) is 0.803. The number of carbonyl (C=O) groups is 1. The topological polar surface area (TPSA) is 47.6 Å². The first-order valence-electron chi connectivity index (χ1n) is 8.74. The number of carbonyl (C=O) groups excluding carboxylic acids is 1. The summed E-state index contributed by atoms with van der Waals surface area (Å²) in [5.74, 6) is 0.512. The van der Waals surface area contributed by atoms with E-state index in [1.807, 2.05) is 24.3 Å². The summed E-state index contributed by atoms with van der Waals surface area (Å²) in [5.41, 5.74) is 1.13. The summed E-state index contributed by atoms with van der Waals surface area (Å²) in [6, 6.07) is 12.5. The Hall–Kier alpha value is -2.34. The summed E-state index contributed by atoms with van der Waals surface area (Å²) in [7, 11) is 0. The highest BCUT2D eigenvalue weighted by Gasteiger charge is 2.61. The number of benzene rings is 2. The number of hydrogen-bond acceptors (Lipinski definition) is 3. The van der Waals surface area contributed by atoms with Gasteiger partial charge in [0.1, 0.15) is 12.4 Å². The largest absolute Gasteiger partial charge is 0.493 e. The molecule has 1 saturated carbocycles. The fourth-order valence-electron chi connectivity index (χ4n) is 3.82. The molecular formula is C20H18ClF2NO3. The summed E-state index contributed by atoms with van der Waals surface area (Å²) in [5, 5.41) is 2.98. The van der Waals surface area contributed by atoms with E-state index >= 15 is 0 Å². The summed E-state index contributed by atoms with van der Waals surface area (Å²) in [4.78, 5) is 12.9. The van der Waals surface area contributed by atoms with Gasteiger partial charge in [-0.3, -0.25) is 4.79 Å². The normalized spacial score (nSPS) is 22.9. The molecule has 2 aliphatic rings. The number of halogens is 3. The van der Waals surface area contributed by atoms with E-state index in [-0.39, 0.29) is 28.0 Å². The van der Waals surface area contributed by atoms with Crippen LogP contribution in [0.4, 0.5) is 14.5 Å². The van der Waals surface area contributed by atoms with Gasteiger partial charge >= 0.3 is 0 Å². The number of alkyl halides is 2. The van der Waals surface area contributed by atoms with Gasteiger partial charge in [0.2, 0.25) is 5.91 Å². The number of nitrogens with one attached hydrogen (secondary N) is 1. The monoisotopic (exact) mass is 393 g/mol. The average molecular weight is 394 g/mol. The molecule has 4 rings (SSSR count). The zero-order chi connectivity index (χ0) is 19.0. The third kappa shape index (κ3) is 3.34. The molecule has 142 valence electrons. The predicted molar refractivity (Wildman–Crippen MR) is 97.9 cm³/mol. The van der Waals surface area contributed by atoms with E-state index in [0.717, 1.165) is 24.2 Å².